The maximum atomic E-state index is 10.4. The molecule has 2 aliphatic rings. The molecule has 1 amide bonds. The van der Waals surface area contributed by atoms with E-state index in [1.165, 1.54) is 18.4 Å². The molecule has 6 nitrogen and oxygen atoms in total. The lowest BCUT2D eigenvalue weighted by Crippen LogP contribution is -2.42. The number of carbonyl (C=O) groups is 1. The van der Waals surface area contributed by atoms with Crippen LogP contribution in [-0.2, 0) is 15.9 Å². The van der Waals surface area contributed by atoms with E-state index in [4.69, 9.17) is 19.3 Å². The molecule has 1 saturated heterocycles. The highest BCUT2D eigenvalue weighted by atomic mass is 16.7. The highest BCUT2D eigenvalue weighted by Crippen LogP contribution is 2.42. The van der Waals surface area contributed by atoms with E-state index in [0.717, 1.165) is 25.0 Å². The number of rotatable bonds is 6. The van der Waals surface area contributed by atoms with Crippen LogP contribution in [0.4, 0.5) is 4.79 Å². The molecule has 1 saturated carbocycles. The molecule has 1 aromatic carbocycles. The molecule has 1 aliphatic carbocycles. The van der Waals surface area contributed by atoms with Gasteiger partial charge in [0.1, 0.15) is 12.4 Å². The van der Waals surface area contributed by atoms with Gasteiger partial charge in [-0.3, -0.25) is 0 Å². The van der Waals surface area contributed by atoms with Crippen LogP contribution in [0, 0.1) is 5.92 Å². The van der Waals surface area contributed by atoms with Crippen molar-refractivity contribution in [3.63, 3.8) is 0 Å². The Labute approximate surface area is 142 Å². The minimum absolute atomic E-state index is 0.274. The third-order valence-corrected chi connectivity index (χ3v) is 4.78. The second kappa shape index (κ2) is 7.85. The van der Waals surface area contributed by atoms with Gasteiger partial charge in [0.2, 0.25) is 0 Å². The molecular formula is C18H25NO5. The second-order valence-corrected chi connectivity index (χ2v) is 6.38. The summed E-state index contributed by atoms with van der Waals surface area (Å²) in [5, 5.41) is 10.8. The van der Waals surface area contributed by atoms with Gasteiger partial charge in [0.25, 0.3) is 0 Å². The summed E-state index contributed by atoms with van der Waals surface area (Å²) >= 11 is 0. The van der Waals surface area contributed by atoms with Crippen LogP contribution in [0.25, 0.3) is 0 Å². The summed E-state index contributed by atoms with van der Waals surface area (Å²) in [5.74, 6) is 0.786. The lowest BCUT2D eigenvalue weighted by atomic mass is 9.79. The Morgan fingerprint density at radius 1 is 1.25 bits per heavy atom. The fourth-order valence-corrected chi connectivity index (χ4v) is 3.63. The number of hydrogen-bond acceptors (Lipinski definition) is 4. The van der Waals surface area contributed by atoms with E-state index in [9.17, 15) is 4.79 Å². The Hall–Kier alpha value is -1.79. The Balaban J connectivity index is 1.52. The maximum absolute atomic E-state index is 10.4. The molecule has 1 atom stereocenters. The summed E-state index contributed by atoms with van der Waals surface area (Å²) in [5.41, 5.74) is 1.25. The summed E-state index contributed by atoms with van der Waals surface area (Å²) in [4.78, 5) is 10.4. The molecule has 1 aliphatic heterocycles. The first-order chi connectivity index (χ1) is 11.7. The standard InChI is InChI=1S/C18H25NO5/c20-17(21)19-9-10-22-16-6-4-14(5-7-16)13-15-3-1-2-8-18(15)23-11-12-24-18/h4-7,15,19H,1-3,8-13H2,(H,20,21). The molecule has 6 heteroatoms. The average Bonchev–Trinajstić information content (AvgIpc) is 3.04. The van der Waals surface area contributed by atoms with Crippen LogP contribution < -0.4 is 10.1 Å². The first-order valence-corrected chi connectivity index (χ1v) is 8.64. The molecule has 0 radical (unpaired) electrons. The third kappa shape index (κ3) is 4.19. The van der Waals surface area contributed by atoms with Crippen LogP contribution in [0.5, 0.6) is 5.75 Å². The number of ether oxygens (including phenoxy) is 3. The molecule has 2 fully saturated rings. The Morgan fingerprint density at radius 3 is 2.71 bits per heavy atom. The number of hydrogen-bond donors (Lipinski definition) is 2. The van der Waals surface area contributed by atoms with E-state index < -0.39 is 6.09 Å². The minimum Gasteiger partial charge on any atom is -0.492 e. The van der Waals surface area contributed by atoms with Crippen LogP contribution in [-0.4, -0.2) is 43.4 Å². The van der Waals surface area contributed by atoms with Gasteiger partial charge in [0, 0.05) is 12.3 Å². The van der Waals surface area contributed by atoms with Crippen LogP contribution >= 0.6 is 0 Å². The second-order valence-electron chi connectivity index (χ2n) is 6.38. The van der Waals surface area contributed by atoms with E-state index in [1.54, 1.807) is 0 Å². The molecule has 0 bridgehead atoms. The fraction of sp³-hybridized carbons (Fsp3) is 0.611. The quantitative estimate of drug-likeness (QED) is 0.782. The molecule has 1 unspecified atom stereocenters. The van der Waals surface area contributed by atoms with Gasteiger partial charge in [0.15, 0.2) is 5.79 Å². The van der Waals surface area contributed by atoms with E-state index in [-0.39, 0.29) is 12.3 Å². The van der Waals surface area contributed by atoms with E-state index in [2.05, 4.69) is 17.4 Å². The normalized spacial score (nSPS) is 22.4. The summed E-state index contributed by atoms with van der Waals surface area (Å²) < 4.78 is 17.5. The van der Waals surface area contributed by atoms with Gasteiger partial charge in [-0.05, 0) is 37.0 Å². The van der Waals surface area contributed by atoms with Crippen molar-refractivity contribution in [3.05, 3.63) is 29.8 Å². The molecular weight excluding hydrogens is 310 g/mol. The third-order valence-electron chi connectivity index (χ3n) is 4.78. The molecule has 1 spiro atoms. The first kappa shape index (κ1) is 17.0. The van der Waals surface area contributed by atoms with E-state index in [0.29, 0.717) is 25.7 Å². The topological polar surface area (TPSA) is 77.0 Å². The Morgan fingerprint density at radius 2 is 2.00 bits per heavy atom. The van der Waals surface area contributed by atoms with Gasteiger partial charge in [-0.2, -0.15) is 0 Å². The Bertz CT molecular complexity index is 539. The molecule has 3 rings (SSSR count). The molecule has 2 N–H and O–H groups in total. The summed E-state index contributed by atoms with van der Waals surface area (Å²) in [6.45, 7) is 2.00. The van der Waals surface area contributed by atoms with Crippen molar-refractivity contribution in [2.45, 2.75) is 37.9 Å². The lowest BCUT2D eigenvalue weighted by Gasteiger charge is -2.39. The molecule has 0 aromatic heterocycles. The molecule has 24 heavy (non-hydrogen) atoms. The smallest absolute Gasteiger partial charge is 0.404 e. The van der Waals surface area contributed by atoms with Crippen LogP contribution in [0.15, 0.2) is 24.3 Å². The van der Waals surface area contributed by atoms with Crippen molar-refractivity contribution >= 4 is 6.09 Å². The van der Waals surface area contributed by atoms with E-state index in [1.807, 2.05) is 12.1 Å². The van der Waals surface area contributed by atoms with Crippen molar-refractivity contribution in [2.75, 3.05) is 26.4 Å². The zero-order valence-corrected chi connectivity index (χ0v) is 13.8. The predicted octanol–water partition coefficient (Wildman–Crippen LogP) is 2.81. The van der Waals surface area contributed by atoms with Crippen LogP contribution in [0.1, 0.15) is 31.2 Å². The van der Waals surface area contributed by atoms with Crippen molar-refractivity contribution in [3.8, 4) is 5.75 Å². The summed E-state index contributed by atoms with van der Waals surface area (Å²) in [6, 6.07) is 8.00. The number of carboxylic acid groups (broad SMARTS) is 1. The highest BCUT2D eigenvalue weighted by Gasteiger charge is 2.45. The zero-order chi connectivity index (χ0) is 16.8. The van der Waals surface area contributed by atoms with Crippen LogP contribution in [0.3, 0.4) is 0 Å². The molecule has 1 heterocycles. The van der Waals surface area contributed by atoms with Gasteiger partial charge >= 0.3 is 6.09 Å². The highest BCUT2D eigenvalue weighted by molar-refractivity contribution is 5.64. The SMILES string of the molecule is O=C(O)NCCOc1ccc(CC2CCCCC23OCCO3)cc1. The van der Waals surface area contributed by atoms with Gasteiger partial charge in [0.05, 0.1) is 19.8 Å². The van der Waals surface area contributed by atoms with Crippen molar-refractivity contribution in [1.82, 2.24) is 5.32 Å². The predicted molar refractivity (Wildman–Crippen MR) is 88.3 cm³/mol. The fourth-order valence-electron chi connectivity index (χ4n) is 3.63. The zero-order valence-electron chi connectivity index (χ0n) is 13.8. The summed E-state index contributed by atoms with van der Waals surface area (Å²) in [6.07, 6.45) is 4.45. The minimum atomic E-state index is -1.04. The van der Waals surface area contributed by atoms with Gasteiger partial charge in [-0.1, -0.05) is 18.6 Å². The van der Waals surface area contributed by atoms with Crippen LogP contribution in [0.2, 0.25) is 0 Å². The maximum Gasteiger partial charge on any atom is 0.404 e. The van der Waals surface area contributed by atoms with Gasteiger partial charge < -0.3 is 24.6 Å². The molecule has 132 valence electrons. The largest absolute Gasteiger partial charge is 0.492 e. The van der Waals surface area contributed by atoms with Crippen molar-refractivity contribution < 1.29 is 24.1 Å². The Kier molecular flexibility index (Phi) is 5.58. The monoisotopic (exact) mass is 335 g/mol. The first-order valence-electron chi connectivity index (χ1n) is 8.64. The molecule has 1 aromatic rings. The van der Waals surface area contributed by atoms with Crippen molar-refractivity contribution in [2.24, 2.45) is 5.92 Å². The summed E-state index contributed by atoms with van der Waals surface area (Å²) in [7, 11) is 0. The van der Waals surface area contributed by atoms with E-state index >= 15 is 0 Å². The number of amides is 1. The average molecular weight is 335 g/mol. The number of benzene rings is 1. The van der Waals surface area contributed by atoms with Gasteiger partial charge in [-0.15, -0.1) is 0 Å². The number of nitrogens with one attached hydrogen (secondary N) is 1. The van der Waals surface area contributed by atoms with Crippen molar-refractivity contribution in [1.29, 1.82) is 0 Å². The van der Waals surface area contributed by atoms with Gasteiger partial charge in [-0.25, -0.2) is 4.79 Å². The lowest BCUT2D eigenvalue weighted by molar-refractivity contribution is -0.212.